The second-order valence-electron chi connectivity index (χ2n) is 3.67. The van der Waals surface area contributed by atoms with Gasteiger partial charge >= 0.3 is 0 Å². The molecule has 4 aromatic heterocycles. The number of anilines is 2. The average molecular weight is 230 g/mol. The van der Waals surface area contributed by atoms with Crippen molar-refractivity contribution in [3.05, 3.63) is 36.4 Å². The SMILES string of the molecule is Nc1cc2ccc1ooc1ccc(cc1N)o2. The number of nitrogen functional groups attached to an aromatic ring is 2. The van der Waals surface area contributed by atoms with E-state index in [1.807, 2.05) is 0 Å². The maximum absolute atomic E-state index is 5.79. The molecule has 0 aliphatic rings. The molecule has 0 aliphatic carbocycles. The summed E-state index contributed by atoms with van der Waals surface area (Å²) in [5, 5.41) is 0. The highest BCUT2D eigenvalue weighted by molar-refractivity contribution is 5.74. The van der Waals surface area contributed by atoms with Crippen LogP contribution >= 0.6 is 0 Å². The largest absolute Gasteiger partial charge is 0.457 e. The van der Waals surface area contributed by atoms with Gasteiger partial charge in [0.2, 0.25) is 11.2 Å². The molecule has 86 valence electrons. The van der Waals surface area contributed by atoms with E-state index in [1.165, 1.54) is 0 Å². The Labute approximate surface area is 95.8 Å². The Hall–Kier alpha value is -2.56. The van der Waals surface area contributed by atoms with Crippen LogP contribution in [-0.4, -0.2) is 0 Å². The van der Waals surface area contributed by atoms with Gasteiger partial charge in [-0.15, -0.1) is 0 Å². The fraction of sp³-hybridized carbons (Fsp3) is 0. The van der Waals surface area contributed by atoms with Gasteiger partial charge in [-0.2, -0.15) is 0 Å². The zero-order chi connectivity index (χ0) is 11.8. The van der Waals surface area contributed by atoms with Crippen LogP contribution in [-0.2, 0) is 0 Å². The molecule has 0 spiro atoms. The number of hydrogen-bond acceptors (Lipinski definition) is 5. The quantitative estimate of drug-likeness (QED) is 0.457. The lowest BCUT2D eigenvalue weighted by Crippen LogP contribution is -1.83. The molecule has 2 aromatic carbocycles. The van der Waals surface area contributed by atoms with Gasteiger partial charge in [-0.1, -0.05) is 0 Å². The van der Waals surface area contributed by atoms with E-state index in [0.717, 1.165) is 0 Å². The van der Waals surface area contributed by atoms with Crippen molar-refractivity contribution in [3.8, 4) is 0 Å². The molecule has 4 heterocycles. The highest BCUT2D eigenvalue weighted by Crippen LogP contribution is 2.21. The van der Waals surface area contributed by atoms with Crippen LogP contribution in [0.1, 0.15) is 0 Å². The fourth-order valence-electron chi connectivity index (χ4n) is 1.56. The van der Waals surface area contributed by atoms with Gasteiger partial charge in [-0.25, -0.2) is 0 Å². The second kappa shape index (κ2) is 3.48. The predicted molar refractivity (Wildman–Crippen MR) is 64.7 cm³/mol. The number of benzene rings is 2. The minimum Gasteiger partial charge on any atom is -0.457 e. The number of rotatable bonds is 0. The van der Waals surface area contributed by atoms with Gasteiger partial charge < -0.3 is 15.9 Å². The van der Waals surface area contributed by atoms with Crippen molar-refractivity contribution in [2.45, 2.75) is 0 Å². The van der Waals surface area contributed by atoms with E-state index in [2.05, 4.69) is 0 Å². The van der Waals surface area contributed by atoms with E-state index in [1.54, 1.807) is 36.4 Å². The molecule has 0 amide bonds. The molecule has 0 fully saturated rings. The van der Waals surface area contributed by atoms with E-state index < -0.39 is 0 Å². The van der Waals surface area contributed by atoms with Gasteiger partial charge in [0.25, 0.3) is 0 Å². The van der Waals surface area contributed by atoms with E-state index in [-0.39, 0.29) is 0 Å². The lowest BCUT2D eigenvalue weighted by atomic mass is 10.3. The van der Waals surface area contributed by atoms with Crippen LogP contribution in [0.2, 0.25) is 0 Å². The molecule has 6 rings (SSSR count). The molecule has 4 bridgehead atoms. The van der Waals surface area contributed by atoms with Gasteiger partial charge in [0, 0.05) is 12.1 Å². The Morgan fingerprint density at radius 3 is 1.59 bits per heavy atom. The van der Waals surface area contributed by atoms with Crippen LogP contribution in [0.4, 0.5) is 11.4 Å². The summed E-state index contributed by atoms with van der Waals surface area (Å²) in [4.78, 5) is 0. The molecular weight excluding hydrogens is 220 g/mol. The summed E-state index contributed by atoms with van der Waals surface area (Å²) in [7, 11) is 0. The van der Waals surface area contributed by atoms with Crippen LogP contribution in [0.3, 0.4) is 0 Å². The molecule has 6 aromatic rings. The Morgan fingerprint density at radius 2 is 1.18 bits per heavy atom. The molecule has 0 saturated heterocycles. The number of nitrogens with two attached hydrogens (primary N) is 2. The van der Waals surface area contributed by atoms with Crippen LogP contribution < -0.4 is 11.5 Å². The maximum atomic E-state index is 5.79. The van der Waals surface area contributed by atoms with Crippen molar-refractivity contribution in [1.82, 2.24) is 0 Å². The maximum Gasteiger partial charge on any atom is 0.201 e. The molecule has 0 saturated carbocycles. The van der Waals surface area contributed by atoms with Crippen molar-refractivity contribution >= 4 is 33.7 Å². The Bertz CT molecular complexity index is 673. The second-order valence-corrected chi connectivity index (χ2v) is 3.67. The van der Waals surface area contributed by atoms with Gasteiger partial charge in [0.05, 0.1) is 11.4 Å². The van der Waals surface area contributed by atoms with Crippen LogP contribution in [0.25, 0.3) is 22.3 Å². The molecule has 0 aliphatic heterocycles. The fourth-order valence-corrected chi connectivity index (χ4v) is 1.56. The zero-order valence-electron chi connectivity index (χ0n) is 8.84. The predicted octanol–water partition coefficient (Wildman–Crippen LogP) is 3.06. The molecule has 17 heavy (non-hydrogen) atoms. The third kappa shape index (κ3) is 1.67. The standard InChI is InChI=1S/C12H10N2O3/c13-9-5-7-1-3-11(9)16-17-12-4-2-8(15-7)6-10(12)14/h1-6H,13-14H2. The highest BCUT2D eigenvalue weighted by Gasteiger charge is 2.00. The van der Waals surface area contributed by atoms with E-state index in [9.17, 15) is 0 Å². The third-order valence-corrected chi connectivity index (χ3v) is 2.42. The summed E-state index contributed by atoms with van der Waals surface area (Å²) in [6, 6.07) is 10.1. The van der Waals surface area contributed by atoms with Crippen molar-refractivity contribution in [2.24, 2.45) is 0 Å². The highest BCUT2D eigenvalue weighted by atomic mass is 17.0. The average Bonchev–Trinajstić information content (AvgIpc) is 2.37. The van der Waals surface area contributed by atoms with Crippen LogP contribution in [0.5, 0.6) is 0 Å². The first-order valence-electron chi connectivity index (χ1n) is 5.04. The summed E-state index contributed by atoms with van der Waals surface area (Å²) in [6.07, 6.45) is 0. The van der Waals surface area contributed by atoms with Crippen LogP contribution in [0.15, 0.2) is 50.0 Å². The summed E-state index contributed by atoms with van der Waals surface area (Å²) in [5.74, 6) is 0. The summed E-state index contributed by atoms with van der Waals surface area (Å²) in [5.41, 5.74) is 14.5. The first-order chi connectivity index (χ1) is 8.22. The smallest absolute Gasteiger partial charge is 0.201 e. The normalized spacial score (nSPS) is 10.8. The Balaban J connectivity index is 2.57. The van der Waals surface area contributed by atoms with Crippen molar-refractivity contribution in [3.63, 3.8) is 0 Å². The van der Waals surface area contributed by atoms with Crippen molar-refractivity contribution < 1.29 is 13.6 Å². The zero-order valence-corrected chi connectivity index (χ0v) is 8.84. The van der Waals surface area contributed by atoms with Crippen molar-refractivity contribution in [2.75, 3.05) is 11.5 Å². The monoisotopic (exact) mass is 230 g/mol. The molecule has 5 heteroatoms. The molecule has 0 unspecified atom stereocenters. The summed E-state index contributed by atoms with van der Waals surface area (Å²) in [6.45, 7) is 0. The molecule has 4 N–H and O–H groups in total. The first kappa shape index (κ1) is 9.65. The summed E-state index contributed by atoms with van der Waals surface area (Å²) >= 11 is 0. The lowest BCUT2D eigenvalue weighted by Gasteiger charge is -1.93. The van der Waals surface area contributed by atoms with E-state index >= 15 is 0 Å². The molecule has 5 nitrogen and oxygen atoms in total. The lowest BCUT2D eigenvalue weighted by molar-refractivity contribution is 0.0903. The Morgan fingerprint density at radius 1 is 0.706 bits per heavy atom. The minimum atomic E-state index is 0.418. The van der Waals surface area contributed by atoms with Gasteiger partial charge in [-0.05, 0) is 24.3 Å². The molecular formula is C12H10N2O3. The molecule has 0 radical (unpaired) electrons. The van der Waals surface area contributed by atoms with Crippen LogP contribution in [0, 0.1) is 0 Å². The molecule has 0 atom stereocenters. The van der Waals surface area contributed by atoms with Crippen molar-refractivity contribution in [1.29, 1.82) is 0 Å². The van der Waals surface area contributed by atoms with Gasteiger partial charge in [0.15, 0.2) is 0 Å². The van der Waals surface area contributed by atoms with Gasteiger partial charge in [0.1, 0.15) is 11.2 Å². The minimum absolute atomic E-state index is 0.418. The van der Waals surface area contributed by atoms with Gasteiger partial charge in [-0.3, -0.25) is 9.15 Å². The third-order valence-electron chi connectivity index (χ3n) is 2.42. The Kier molecular flexibility index (Phi) is 1.98. The first-order valence-corrected chi connectivity index (χ1v) is 5.04. The topological polar surface area (TPSA) is 91.5 Å². The summed E-state index contributed by atoms with van der Waals surface area (Å²) < 4.78 is 15.8. The number of hydrogen-bond donors (Lipinski definition) is 2. The van der Waals surface area contributed by atoms with E-state index in [0.29, 0.717) is 33.7 Å². The van der Waals surface area contributed by atoms with E-state index in [4.69, 9.17) is 25.0 Å².